The zero-order valence-electron chi connectivity index (χ0n) is 15.2. The zero-order chi connectivity index (χ0) is 18.8. The second kappa shape index (κ2) is 11.2. The van der Waals surface area contributed by atoms with Crippen LogP contribution >= 0.6 is 11.6 Å². The minimum Gasteiger partial charge on any atom is -0.492 e. The molecule has 5 heteroatoms. The largest absolute Gasteiger partial charge is 0.492 e. The maximum atomic E-state index is 9.03. The molecule has 4 nitrogen and oxygen atoms in total. The Morgan fingerprint density at radius 1 is 0.885 bits per heavy atom. The van der Waals surface area contributed by atoms with Crippen LogP contribution in [0.25, 0.3) is 0 Å². The lowest BCUT2D eigenvalue weighted by atomic mass is 9.89. The second-order valence-electron chi connectivity index (χ2n) is 6.27. The van der Waals surface area contributed by atoms with E-state index in [9.17, 15) is 0 Å². The van der Waals surface area contributed by atoms with Crippen molar-refractivity contribution in [2.75, 3.05) is 39.5 Å². The summed E-state index contributed by atoms with van der Waals surface area (Å²) in [6, 6.07) is 18.3. The Kier molecular flexibility index (Phi) is 8.92. The molecule has 0 aliphatic carbocycles. The third-order valence-electron chi connectivity index (χ3n) is 4.37. The van der Waals surface area contributed by atoms with Crippen molar-refractivity contribution in [3.05, 3.63) is 65.7 Å². The van der Waals surface area contributed by atoms with Crippen LogP contribution in [-0.2, 0) is 0 Å². The van der Waals surface area contributed by atoms with E-state index in [1.54, 1.807) is 0 Å². The lowest BCUT2D eigenvalue weighted by Gasteiger charge is -2.21. The average molecular weight is 378 g/mol. The van der Waals surface area contributed by atoms with E-state index in [4.69, 9.17) is 26.6 Å². The van der Waals surface area contributed by atoms with Gasteiger partial charge in [0.1, 0.15) is 12.4 Å². The molecule has 0 heterocycles. The van der Waals surface area contributed by atoms with E-state index in [0.29, 0.717) is 26.2 Å². The molecule has 2 aromatic carbocycles. The number of alkyl halides is 1. The van der Waals surface area contributed by atoms with Gasteiger partial charge in [0.25, 0.3) is 0 Å². The van der Waals surface area contributed by atoms with Crippen LogP contribution in [0.3, 0.4) is 0 Å². The molecule has 2 atom stereocenters. The average Bonchev–Trinajstić information content (AvgIpc) is 2.64. The summed E-state index contributed by atoms with van der Waals surface area (Å²) in [4.78, 5) is 1.97. The van der Waals surface area contributed by atoms with E-state index >= 15 is 0 Å². The third kappa shape index (κ3) is 6.29. The standard InChI is InChI=1S/C21H28ClNO3/c1-17(22)21(18-5-3-2-4-6-18)19-7-9-20(10-8-19)26-16-13-23(11-14-24)12-15-25/h2-10,17,21,24-25H,11-16H2,1H3. The van der Waals surface area contributed by atoms with Crippen LogP contribution in [0.1, 0.15) is 24.0 Å². The number of hydrogen-bond acceptors (Lipinski definition) is 4. The molecular weight excluding hydrogens is 350 g/mol. The first kappa shape index (κ1) is 20.7. The molecule has 2 unspecified atom stereocenters. The van der Waals surface area contributed by atoms with Crippen molar-refractivity contribution in [2.45, 2.75) is 18.2 Å². The lowest BCUT2D eigenvalue weighted by molar-refractivity contribution is 0.141. The Morgan fingerprint density at radius 2 is 1.46 bits per heavy atom. The van der Waals surface area contributed by atoms with E-state index in [2.05, 4.69) is 24.3 Å². The van der Waals surface area contributed by atoms with Crippen LogP contribution in [-0.4, -0.2) is 59.9 Å². The summed E-state index contributed by atoms with van der Waals surface area (Å²) in [7, 11) is 0. The minimum absolute atomic E-state index is 0.0188. The van der Waals surface area contributed by atoms with Crippen molar-refractivity contribution in [1.82, 2.24) is 4.90 Å². The van der Waals surface area contributed by atoms with Gasteiger partial charge in [-0.15, -0.1) is 11.6 Å². The molecule has 0 bridgehead atoms. The fourth-order valence-corrected chi connectivity index (χ4v) is 3.36. The molecule has 2 N–H and O–H groups in total. The Balaban J connectivity index is 1.96. The predicted octanol–water partition coefficient (Wildman–Crippen LogP) is 3.11. The number of ether oxygens (including phenoxy) is 1. The summed E-state index contributed by atoms with van der Waals surface area (Å²) in [5.41, 5.74) is 2.36. The maximum Gasteiger partial charge on any atom is 0.119 e. The summed E-state index contributed by atoms with van der Waals surface area (Å²) in [6.07, 6.45) is 0. The Labute approximate surface area is 161 Å². The van der Waals surface area contributed by atoms with Gasteiger partial charge in [0.15, 0.2) is 0 Å². The quantitative estimate of drug-likeness (QED) is 0.591. The van der Waals surface area contributed by atoms with Crippen LogP contribution < -0.4 is 4.74 Å². The first-order valence-electron chi connectivity index (χ1n) is 9.01. The number of hydrogen-bond donors (Lipinski definition) is 2. The minimum atomic E-state index is -0.0188. The van der Waals surface area contributed by atoms with Crippen molar-refractivity contribution < 1.29 is 14.9 Å². The summed E-state index contributed by atoms with van der Waals surface area (Å²) in [5.74, 6) is 0.937. The predicted molar refractivity (Wildman–Crippen MR) is 106 cm³/mol. The van der Waals surface area contributed by atoms with Gasteiger partial charge in [0.2, 0.25) is 0 Å². The van der Waals surface area contributed by atoms with Crippen LogP contribution in [0.15, 0.2) is 54.6 Å². The number of rotatable bonds is 11. The van der Waals surface area contributed by atoms with Gasteiger partial charge >= 0.3 is 0 Å². The van der Waals surface area contributed by atoms with Crippen LogP contribution in [0.4, 0.5) is 0 Å². The fraction of sp³-hybridized carbons (Fsp3) is 0.429. The van der Waals surface area contributed by atoms with E-state index in [0.717, 1.165) is 11.3 Å². The number of benzene rings is 2. The first-order valence-corrected chi connectivity index (χ1v) is 9.45. The fourth-order valence-electron chi connectivity index (χ4n) is 3.07. The highest BCUT2D eigenvalue weighted by molar-refractivity contribution is 6.21. The van der Waals surface area contributed by atoms with Gasteiger partial charge in [0.05, 0.1) is 13.2 Å². The molecule has 2 rings (SSSR count). The molecule has 0 aliphatic heterocycles. The Morgan fingerprint density at radius 3 is 2.00 bits per heavy atom. The van der Waals surface area contributed by atoms with Gasteiger partial charge in [0, 0.05) is 30.9 Å². The summed E-state index contributed by atoms with van der Waals surface area (Å²) in [5, 5.41) is 18.0. The highest BCUT2D eigenvalue weighted by atomic mass is 35.5. The van der Waals surface area contributed by atoms with Crippen LogP contribution in [0, 0.1) is 0 Å². The van der Waals surface area contributed by atoms with Crippen LogP contribution in [0.5, 0.6) is 5.75 Å². The second-order valence-corrected chi connectivity index (χ2v) is 6.96. The van der Waals surface area contributed by atoms with E-state index in [1.165, 1.54) is 5.56 Å². The molecule has 142 valence electrons. The normalized spacial score (nSPS) is 13.6. The number of halogens is 1. The maximum absolute atomic E-state index is 9.03. The van der Waals surface area contributed by atoms with Crippen molar-refractivity contribution >= 4 is 11.6 Å². The van der Waals surface area contributed by atoms with Gasteiger partial charge in [-0.2, -0.15) is 0 Å². The zero-order valence-corrected chi connectivity index (χ0v) is 16.0. The molecule has 0 aromatic heterocycles. The molecule has 0 fully saturated rings. The summed E-state index contributed by atoms with van der Waals surface area (Å²) >= 11 is 6.45. The number of aliphatic hydroxyl groups is 2. The van der Waals surface area contributed by atoms with Gasteiger partial charge in [-0.05, 0) is 30.2 Å². The van der Waals surface area contributed by atoms with Crippen molar-refractivity contribution in [3.8, 4) is 5.75 Å². The number of nitrogens with zero attached hydrogens (tertiary/aromatic N) is 1. The Hall–Kier alpha value is -1.59. The molecule has 0 spiro atoms. The topological polar surface area (TPSA) is 52.9 Å². The molecule has 0 radical (unpaired) electrons. The lowest BCUT2D eigenvalue weighted by Crippen LogP contribution is -2.33. The molecule has 0 saturated carbocycles. The van der Waals surface area contributed by atoms with Gasteiger partial charge in [-0.25, -0.2) is 0 Å². The highest BCUT2D eigenvalue weighted by Gasteiger charge is 2.19. The molecular formula is C21H28ClNO3. The third-order valence-corrected chi connectivity index (χ3v) is 4.62. The number of aliphatic hydroxyl groups excluding tert-OH is 2. The van der Waals surface area contributed by atoms with Crippen molar-refractivity contribution in [1.29, 1.82) is 0 Å². The van der Waals surface area contributed by atoms with E-state index in [1.807, 2.05) is 42.2 Å². The first-order chi connectivity index (χ1) is 12.7. The van der Waals surface area contributed by atoms with Gasteiger partial charge in [-0.3, -0.25) is 4.90 Å². The summed E-state index contributed by atoms with van der Waals surface area (Å²) in [6.45, 7) is 4.41. The molecule has 0 saturated heterocycles. The monoisotopic (exact) mass is 377 g/mol. The summed E-state index contributed by atoms with van der Waals surface area (Å²) < 4.78 is 5.79. The smallest absolute Gasteiger partial charge is 0.119 e. The highest BCUT2D eigenvalue weighted by Crippen LogP contribution is 2.31. The Bertz CT molecular complexity index is 613. The van der Waals surface area contributed by atoms with Crippen molar-refractivity contribution in [3.63, 3.8) is 0 Å². The van der Waals surface area contributed by atoms with Gasteiger partial charge < -0.3 is 14.9 Å². The molecule has 0 aliphatic rings. The molecule has 0 amide bonds. The van der Waals surface area contributed by atoms with Crippen LogP contribution in [0.2, 0.25) is 0 Å². The SMILES string of the molecule is CC(Cl)C(c1ccccc1)c1ccc(OCCN(CCO)CCO)cc1. The van der Waals surface area contributed by atoms with E-state index in [-0.39, 0.29) is 24.5 Å². The van der Waals surface area contributed by atoms with Crippen molar-refractivity contribution in [2.24, 2.45) is 0 Å². The van der Waals surface area contributed by atoms with Gasteiger partial charge in [-0.1, -0.05) is 42.5 Å². The molecule has 2 aromatic rings. The molecule has 26 heavy (non-hydrogen) atoms. The van der Waals surface area contributed by atoms with E-state index < -0.39 is 0 Å².